The molecule has 0 aliphatic heterocycles. The van der Waals surface area contributed by atoms with E-state index >= 15 is 0 Å². The molecule has 3 nitrogen and oxygen atoms in total. The molecule has 1 aliphatic rings. The molecular formula is C17H21ClN2O. The quantitative estimate of drug-likeness (QED) is 0.914. The summed E-state index contributed by atoms with van der Waals surface area (Å²) < 4.78 is 0. The lowest BCUT2D eigenvalue weighted by molar-refractivity contribution is -0.126. The van der Waals surface area contributed by atoms with Gasteiger partial charge in [-0.25, -0.2) is 0 Å². The van der Waals surface area contributed by atoms with Gasteiger partial charge >= 0.3 is 0 Å². The van der Waals surface area contributed by atoms with Crippen LogP contribution < -0.4 is 5.32 Å². The van der Waals surface area contributed by atoms with E-state index in [9.17, 15) is 10.1 Å². The molecule has 1 unspecified atom stereocenters. The van der Waals surface area contributed by atoms with Crippen molar-refractivity contribution in [1.29, 1.82) is 5.26 Å². The van der Waals surface area contributed by atoms with Crippen molar-refractivity contribution < 1.29 is 4.79 Å². The van der Waals surface area contributed by atoms with E-state index in [1.165, 1.54) is 0 Å². The molecule has 1 aliphatic carbocycles. The zero-order valence-corrected chi connectivity index (χ0v) is 13.9. The van der Waals surface area contributed by atoms with Crippen LogP contribution in [0.25, 0.3) is 0 Å². The van der Waals surface area contributed by atoms with Crippen molar-refractivity contribution in [3.63, 3.8) is 0 Å². The van der Waals surface area contributed by atoms with Crippen molar-refractivity contribution >= 4 is 17.5 Å². The van der Waals surface area contributed by atoms with Crippen molar-refractivity contribution in [3.05, 3.63) is 34.9 Å². The molecule has 1 saturated carbocycles. The summed E-state index contributed by atoms with van der Waals surface area (Å²) >= 11 is 5.87. The first-order valence-electron chi connectivity index (χ1n) is 7.09. The Labute approximate surface area is 131 Å². The molecule has 0 bridgehead atoms. The Morgan fingerprint density at radius 2 is 1.67 bits per heavy atom. The number of amides is 1. The Bertz CT molecular complexity index is 597. The van der Waals surface area contributed by atoms with Crippen LogP contribution >= 0.6 is 11.6 Å². The Balaban J connectivity index is 2.19. The highest BCUT2D eigenvalue weighted by Gasteiger charge is 2.82. The summed E-state index contributed by atoms with van der Waals surface area (Å²) in [4.78, 5) is 12.7. The van der Waals surface area contributed by atoms with E-state index in [1.807, 2.05) is 46.8 Å². The van der Waals surface area contributed by atoms with Gasteiger partial charge in [-0.2, -0.15) is 5.26 Å². The summed E-state index contributed by atoms with van der Waals surface area (Å²) in [5, 5.41) is 13.2. The first-order chi connectivity index (χ1) is 9.61. The summed E-state index contributed by atoms with van der Waals surface area (Å²) in [6.45, 7) is 9.81. The summed E-state index contributed by atoms with van der Waals surface area (Å²) in [6, 6.07) is 9.47. The predicted molar refractivity (Wildman–Crippen MR) is 83.6 cm³/mol. The van der Waals surface area contributed by atoms with E-state index in [0.717, 1.165) is 5.56 Å². The fourth-order valence-corrected chi connectivity index (χ4v) is 3.48. The van der Waals surface area contributed by atoms with Gasteiger partial charge in [0, 0.05) is 15.9 Å². The fourth-order valence-electron chi connectivity index (χ4n) is 3.35. The zero-order valence-electron chi connectivity index (χ0n) is 13.1. The maximum absolute atomic E-state index is 12.7. The molecule has 0 aromatic heterocycles. The third kappa shape index (κ3) is 1.97. The molecule has 0 spiro atoms. The van der Waals surface area contributed by atoms with Gasteiger partial charge in [0.15, 0.2) is 0 Å². The standard InChI is InChI=1S/C17H21ClN2O/c1-11(12-6-8-13(18)9-7-12)20-14(21)17(10-19)15(2,3)16(17,4)5/h6-9,11H,1-5H3,(H,20,21). The number of carbonyl (C=O) groups is 1. The van der Waals surface area contributed by atoms with Crippen LogP contribution in [0.3, 0.4) is 0 Å². The first-order valence-corrected chi connectivity index (χ1v) is 7.47. The fraction of sp³-hybridized carbons (Fsp3) is 0.529. The van der Waals surface area contributed by atoms with Crippen molar-refractivity contribution in [2.45, 2.75) is 40.7 Å². The van der Waals surface area contributed by atoms with Crippen LogP contribution in [0.15, 0.2) is 24.3 Å². The molecule has 0 saturated heterocycles. The minimum absolute atomic E-state index is 0.160. The van der Waals surface area contributed by atoms with Crippen LogP contribution in [0.5, 0.6) is 0 Å². The third-order valence-electron chi connectivity index (χ3n) is 5.60. The topological polar surface area (TPSA) is 52.9 Å². The number of rotatable bonds is 3. The molecule has 1 aromatic carbocycles. The largest absolute Gasteiger partial charge is 0.348 e. The molecular weight excluding hydrogens is 284 g/mol. The van der Waals surface area contributed by atoms with Crippen LogP contribution in [0, 0.1) is 27.6 Å². The van der Waals surface area contributed by atoms with Gasteiger partial charge in [-0.3, -0.25) is 4.79 Å². The Morgan fingerprint density at radius 3 is 2.05 bits per heavy atom. The summed E-state index contributed by atoms with van der Waals surface area (Å²) in [5.74, 6) is -0.192. The number of benzene rings is 1. The minimum atomic E-state index is -0.972. The highest BCUT2D eigenvalue weighted by molar-refractivity contribution is 6.30. The smallest absolute Gasteiger partial charge is 0.242 e. The molecule has 2 rings (SSSR count). The lowest BCUT2D eigenvalue weighted by Gasteiger charge is -2.19. The molecule has 21 heavy (non-hydrogen) atoms. The Kier molecular flexibility index (Phi) is 3.58. The molecule has 1 N–H and O–H groups in total. The first kappa shape index (κ1) is 15.9. The lowest BCUT2D eigenvalue weighted by atomic mass is 9.94. The van der Waals surface area contributed by atoms with E-state index in [0.29, 0.717) is 5.02 Å². The highest BCUT2D eigenvalue weighted by Crippen LogP contribution is 2.77. The Hall–Kier alpha value is -1.53. The van der Waals surface area contributed by atoms with Gasteiger partial charge in [-0.05, 0) is 24.6 Å². The highest BCUT2D eigenvalue weighted by atomic mass is 35.5. The molecule has 112 valence electrons. The Morgan fingerprint density at radius 1 is 1.19 bits per heavy atom. The number of hydrogen-bond acceptors (Lipinski definition) is 2. The summed E-state index contributed by atoms with van der Waals surface area (Å²) in [7, 11) is 0. The van der Waals surface area contributed by atoms with Crippen molar-refractivity contribution in [1.82, 2.24) is 5.32 Å². The average Bonchev–Trinajstić information content (AvgIpc) is 2.76. The maximum atomic E-state index is 12.7. The van der Waals surface area contributed by atoms with E-state index in [2.05, 4.69) is 11.4 Å². The van der Waals surface area contributed by atoms with Gasteiger partial charge in [0.1, 0.15) is 5.41 Å². The molecule has 1 aromatic rings. The SMILES string of the molecule is CC(NC(=O)C1(C#N)C(C)(C)C1(C)C)c1ccc(Cl)cc1. The third-order valence-corrected chi connectivity index (χ3v) is 5.85. The number of nitrogens with one attached hydrogen (secondary N) is 1. The van der Waals surface area contributed by atoms with Crippen molar-refractivity contribution in [3.8, 4) is 6.07 Å². The molecule has 1 atom stereocenters. The molecule has 1 fully saturated rings. The minimum Gasteiger partial charge on any atom is -0.348 e. The van der Waals surface area contributed by atoms with E-state index in [4.69, 9.17) is 11.6 Å². The van der Waals surface area contributed by atoms with Gasteiger partial charge in [0.2, 0.25) is 5.91 Å². The second-order valence-electron chi connectivity index (χ2n) is 6.86. The van der Waals surface area contributed by atoms with E-state index in [1.54, 1.807) is 12.1 Å². The summed E-state index contributed by atoms with van der Waals surface area (Å²) in [6.07, 6.45) is 0. The second-order valence-corrected chi connectivity index (χ2v) is 7.29. The second kappa shape index (κ2) is 4.74. The van der Waals surface area contributed by atoms with Gasteiger partial charge in [0.05, 0.1) is 12.1 Å². The van der Waals surface area contributed by atoms with Crippen LogP contribution in [0.2, 0.25) is 5.02 Å². The van der Waals surface area contributed by atoms with Gasteiger partial charge < -0.3 is 5.32 Å². The maximum Gasteiger partial charge on any atom is 0.242 e. The van der Waals surface area contributed by atoms with Gasteiger partial charge in [-0.15, -0.1) is 0 Å². The number of hydrogen-bond donors (Lipinski definition) is 1. The number of nitrogens with zero attached hydrogens (tertiary/aromatic N) is 1. The molecule has 0 radical (unpaired) electrons. The molecule has 4 heteroatoms. The number of nitriles is 1. The van der Waals surface area contributed by atoms with Crippen LogP contribution in [-0.4, -0.2) is 5.91 Å². The predicted octanol–water partition coefficient (Wildman–Crippen LogP) is 4.09. The lowest BCUT2D eigenvalue weighted by Crippen LogP contribution is -2.37. The summed E-state index contributed by atoms with van der Waals surface area (Å²) in [5.41, 5.74) is -0.672. The molecule has 1 amide bonds. The number of halogens is 1. The van der Waals surface area contributed by atoms with E-state index < -0.39 is 5.41 Å². The van der Waals surface area contributed by atoms with Crippen molar-refractivity contribution in [2.75, 3.05) is 0 Å². The molecule has 0 heterocycles. The van der Waals surface area contributed by atoms with Gasteiger partial charge in [0.25, 0.3) is 0 Å². The zero-order chi connectivity index (χ0) is 16.1. The van der Waals surface area contributed by atoms with Gasteiger partial charge in [-0.1, -0.05) is 51.4 Å². The van der Waals surface area contributed by atoms with Crippen LogP contribution in [-0.2, 0) is 4.79 Å². The normalized spacial score (nSPS) is 22.0. The van der Waals surface area contributed by atoms with Crippen LogP contribution in [0.4, 0.5) is 0 Å². The average molecular weight is 305 g/mol. The van der Waals surface area contributed by atoms with E-state index in [-0.39, 0.29) is 22.8 Å². The van der Waals surface area contributed by atoms with Crippen LogP contribution in [0.1, 0.15) is 46.2 Å². The monoisotopic (exact) mass is 304 g/mol. The number of carbonyl (C=O) groups excluding carboxylic acids is 1. The van der Waals surface area contributed by atoms with Crippen molar-refractivity contribution in [2.24, 2.45) is 16.2 Å².